The number of nitrogens with one attached hydrogen (secondary N) is 1. The molecule has 1 N–H and O–H groups in total. The minimum Gasteiger partial charge on any atom is -0.377 e. The first-order valence-corrected chi connectivity index (χ1v) is 7.89. The molecule has 0 spiro atoms. The van der Waals surface area contributed by atoms with Crippen LogP contribution in [0.15, 0.2) is 24.3 Å². The zero-order valence-electron chi connectivity index (χ0n) is 14.4. The predicted molar refractivity (Wildman–Crippen MR) is 89.4 cm³/mol. The molecule has 1 aromatic carbocycles. The van der Waals surface area contributed by atoms with Gasteiger partial charge in [0, 0.05) is 12.1 Å². The lowest BCUT2D eigenvalue weighted by molar-refractivity contribution is 0.0204. The molecule has 0 unspecified atom stereocenters. The van der Waals surface area contributed by atoms with Crippen LogP contribution in [0.2, 0.25) is 0 Å². The molecule has 4 heteroatoms. The van der Waals surface area contributed by atoms with Crippen molar-refractivity contribution in [3.8, 4) is 0 Å². The SMILES string of the molecule is CC(C)OCCOCCNC(=O)c1ccc(C(C)(C)C)cc1. The van der Waals surface area contributed by atoms with Gasteiger partial charge in [0.05, 0.1) is 25.9 Å². The molecule has 0 radical (unpaired) electrons. The van der Waals surface area contributed by atoms with Crippen molar-refractivity contribution in [3.05, 3.63) is 35.4 Å². The van der Waals surface area contributed by atoms with Gasteiger partial charge in [-0.3, -0.25) is 4.79 Å². The van der Waals surface area contributed by atoms with Crippen LogP contribution in [0.3, 0.4) is 0 Å². The molecule has 0 saturated carbocycles. The largest absolute Gasteiger partial charge is 0.377 e. The van der Waals surface area contributed by atoms with Gasteiger partial charge in [-0.15, -0.1) is 0 Å². The summed E-state index contributed by atoms with van der Waals surface area (Å²) in [4.78, 5) is 12.0. The van der Waals surface area contributed by atoms with E-state index < -0.39 is 0 Å². The molecule has 0 aliphatic heterocycles. The van der Waals surface area contributed by atoms with Crippen LogP contribution in [0.5, 0.6) is 0 Å². The van der Waals surface area contributed by atoms with Crippen molar-refractivity contribution in [1.29, 1.82) is 0 Å². The fraction of sp³-hybridized carbons (Fsp3) is 0.611. The van der Waals surface area contributed by atoms with Crippen molar-refractivity contribution >= 4 is 5.91 Å². The maximum absolute atomic E-state index is 12.0. The Morgan fingerprint density at radius 1 is 1.09 bits per heavy atom. The molecule has 0 heterocycles. The van der Waals surface area contributed by atoms with Crippen LogP contribution in [0.25, 0.3) is 0 Å². The number of amides is 1. The Balaban J connectivity index is 2.25. The number of hydrogen-bond donors (Lipinski definition) is 1. The maximum Gasteiger partial charge on any atom is 0.251 e. The lowest BCUT2D eigenvalue weighted by Crippen LogP contribution is -2.27. The van der Waals surface area contributed by atoms with Crippen molar-refractivity contribution in [2.45, 2.75) is 46.1 Å². The quantitative estimate of drug-likeness (QED) is 0.751. The fourth-order valence-electron chi connectivity index (χ4n) is 1.91. The van der Waals surface area contributed by atoms with Crippen molar-refractivity contribution in [2.75, 3.05) is 26.4 Å². The van der Waals surface area contributed by atoms with E-state index in [1.165, 1.54) is 5.56 Å². The summed E-state index contributed by atoms with van der Waals surface area (Å²) in [6, 6.07) is 7.75. The molecule has 4 nitrogen and oxygen atoms in total. The van der Waals surface area contributed by atoms with E-state index in [-0.39, 0.29) is 17.4 Å². The number of rotatable bonds is 8. The van der Waals surface area contributed by atoms with Gasteiger partial charge in [0.15, 0.2) is 0 Å². The number of benzene rings is 1. The second-order valence-corrected chi connectivity index (χ2v) is 6.62. The Morgan fingerprint density at radius 2 is 1.73 bits per heavy atom. The summed E-state index contributed by atoms with van der Waals surface area (Å²) in [5, 5.41) is 2.85. The summed E-state index contributed by atoms with van der Waals surface area (Å²) in [5.74, 6) is -0.0671. The zero-order chi connectivity index (χ0) is 16.6. The monoisotopic (exact) mass is 307 g/mol. The molecule has 0 atom stereocenters. The molecular weight excluding hydrogens is 278 g/mol. The van der Waals surface area contributed by atoms with Crippen molar-refractivity contribution < 1.29 is 14.3 Å². The van der Waals surface area contributed by atoms with Crippen LogP contribution >= 0.6 is 0 Å². The van der Waals surface area contributed by atoms with E-state index >= 15 is 0 Å². The van der Waals surface area contributed by atoms with Gasteiger partial charge in [0.25, 0.3) is 5.91 Å². The Bertz CT molecular complexity index is 446. The van der Waals surface area contributed by atoms with Gasteiger partial charge in [-0.2, -0.15) is 0 Å². The van der Waals surface area contributed by atoms with E-state index in [1.807, 2.05) is 38.1 Å². The van der Waals surface area contributed by atoms with E-state index in [1.54, 1.807) is 0 Å². The van der Waals surface area contributed by atoms with Crippen molar-refractivity contribution in [2.24, 2.45) is 0 Å². The number of carbonyl (C=O) groups excluding carboxylic acids is 1. The highest BCUT2D eigenvalue weighted by molar-refractivity contribution is 5.94. The fourth-order valence-corrected chi connectivity index (χ4v) is 1.91. The number of hydrogen-bond acceptors (Lipinski definition) is 3. The Kier molecular flexibility index (Phi) is 7.56. The van der Waals surface area contributed by atoms with Gasteiger partial charge in [0.2, 0.25) is 0 Å². The van der Waals surface area contributed by atoms with E-state index in [4.69, 9.17) is 9.47 Å². The molecule has 0 aromatic heterocycles. The molecule has 0 bridgehead atoms. The molecule has 124 valence electrons. The maximum atomic E-state index is 12.0. The summed E-state index contributed by atoms with van der Waals surface area (Å²) in [5.41, 5.74) is 2.00. The van der Waals surface area contributed by atoms with E-state index in [9.17, 15) is 4.79 Å². The first-order chi connectivity index (χ1) is 10.3. The van der Waals surface area contributed by atoms with Crippen molar-refractivity contribution in [1.82, 2.24) is 5.32 Å². The van der Waals surface area contributed by atoms with Gasteiger partial charge >= 0.3 is 0 Å². The second-order valence-electron chi connectivity index (χ2n) is 6.62. The summed E-state index contributed by atoms with van der Waals surface area (Å²) < 4.78 is 10.8. The second kappa shape index (κ2) is 8.91. The Morgan fingerprint density at radius 3 is 2.27 bits per heavy atom. The Labute approximate surface area is 134 Å². The smallest absolute Gasteiger partial charge is 0.251 e. The topological polar surface area (TPSA) is 47.6 Å². The van der Waals surface area contributed by atoms with Gasteiger partial charge in [-0.25, -0.2) is 0 Å². The highest BCUT2D eigenvalue weighted by Gasteiger charge is 2.14. The molecule has 0 saturated heterocycles. The normalized spacial score (nSPS) is 11.7. The molecule has 22 heavy (non-hydrogen) atoms. The van der Waals surface area contributed by atoms with E-state index in [0.29, 0.717) is 31.9 Å². The third kappa shape index (κ3) is 7.05. The third-order valence-corrected chi connectivity index (χ3v) is 3.22. The van der Waals surface area contributed by atoms with Crippen LogP contribution in [0.1, 0.15) is 50.5 Å². The summed E-state index contributed by atoms with van der Waals surface area (Å²) >= 11 is 0. The van der Waals surface area contributed by atoms with Crippen LogP contribution in [-0.2, 0) is 14.9 Å². The minimum atomic E-state index is -0.0671. The molecular formula is C18H29NO3. The van der Waals surface area contributed by atoms with Crippen LogP contribution in [-0.4, -0.2) is 38.4 Å². The molecule has 0 aliphatic carbocycles. The average molecular weight is 307 g/mol. The highest BCUT2D eigenvalue weighted by atomic mass is 16.5. The first kappa shape index (κ1) is 18.7. The average Bonchev–Trinajstić information content (AvgIpc) is 2.45. The molecule has 1 aromatic rings. The number of ether oxygens (including phenoxy) is 2. The lowest BCUT2D eigenvalue weighted by Gasteiger charge is -2.19. The van der Waals surface area contributed by atoms with E-state index in [0.717, 1.165) is 0 Å². The van der Waals surface area contributed by atoms with Crippen molar-refractivity contribution in [3.63, 3.8) is 0 Å². The van der Waals surface area contributed by atoms with Gasteiger partial charge < -0.3 is 14.8 Å². The molecule has 0 aliphatic rings. The Hall–Kier alpha value is -1.39. The minimum absolute atomic E-state index is 0.0671. The third-order valence-electron chi connectivity index (χ3n) is 3.22. The van der Waals surface area contributed by atoms with Crippen LogP contribution < -0.4 is 5.32 Å². The first-order valence-electron chi connectivity index (χ1n) is 7.89. The zero-order valence-corrected chi connectivity index (χ0v) is 14.4. The van der Waals surface area contributed by atoms with Gasteiger partial charge in [-0.1, -0.05) is 32.9 Å². The molecule has 1 rings (SSSR count). The molecule has 1 amide bonds. The van der Waals surface area contributed by atoms with Gasteiger partial charge in [0.1, 0.15) is 0 Å². The lowest BCUT2D eigenvalue weighted by atomic mass is 9.87. The van der Waals surface area contributed by atoms with Gasteiger partial charge in [-0.05, 0) is 37.0 Å². The summed E-state index contributed by atoms with van der Waals surface area (Å²) in [6.07, 6.45) is 0.222. The van der Waals surface area contributed by atoms with Crippen LogP contribution in [0.4, 0.5) is 0 Å². The van der Waals surface area contributed by atoms with E-state index in [2.05, 4.69) is 26.1 Å². The molecule has 0 fully saturated rings. The summed E-state index contributed by atoms with van der Waals surface area (Å²) in [7, 11) is 0. The standard InChI is InChI=1S/C18H29NO3/c1-14(2)22-13-12-21-11-10-19-17(20)15-6-8-16(9-7-15)18(3,4)5/h6-9,14H,10-13H2,1-5H3,(H,19,20). The predicted octanol–water partition coefficient (Wildman–Crippen LogP) is 3.16. The number of carbonyl (C=O) groups is 1. The summed E-state index contributed by atoms with van der Waals surface area (Å²) in [6.45, 7) is 12.6. The van der Waals surface area contributed by atoms with Crippen LogP contribution in [0, 0.1) is 0 Å². The highest BCUT2D eigenvalue weighted by Crippen LogP contribution is 2.22.